The Bertz CT molecular complexity index is 393. The van der Waals surface area contributed by atoms with Crippen molar-refractivity contribution in [3.05, 3.63) is 35.1 Å². The number of carbonyl (C=O) groups is 1. The van der Waals surface area contributed by atoms with Crippen molar-refractivity contribution in [1.29, 1.82) is 0 Å². The summed E-state index contributed by atoms with van der Waals surface area (Å²) in [6.07, 6.45) is 2.78. The third-order valence-corrected chi connectivity index (χ3v) is 2.80. The lowest BCUT2D eigenvalue weighted by Gasteiger charge is -2.12. The maximum Gasteiger partial charge on any atom is 0.217 e. The highest BCUT2D eigenvalue weighted by molar-refractivity contribution is 5.73. The van der Waals surface area contributed by atoms with Crippen LogP contribution < -0.4 is 11.5 Å². The van der Waals surface area contributed by atoms with Crippen molar-refractivity contribution in [3.63, 3.8) is 0 Å². The molecular weight excluding hydrogens is 219 g/mol. The van der Waals surface area contributed by atoms with Gasteiger partial charge in [-0.1, -0.05) is 18.6 Å². The molecule has 1 rings (SSSR count). The van der Waals surface area contributed by atoms with E-state index in [2.05, 4.69) is 0 Å². The molecule has 94 valence electrons. The molecule has 0 fully saturated rings. The number of aryl methyl sites for hydroxylation is 1. The minimum absolute atomic E-state index is 0.109. The predicted molar refractivity (Wildman–Crippen MR) is 65.7 cm³/mol. The van der Waals surface area contributed by atoms with E-state index in [0.29, 0.717) is 12.0 Å². The van der Waals surface area contributed by atoms with Crippen molar-refractivity contribution >= 4 is 5.91 Å². The number of rotatable bonds is 6. The fraction of sp³-hybridized carbons (Fsp3) is 0.462. The van der Waals surface area contributed by atoms with Crippen molar-refractivity contribution in [1.82, 2.24) is 0 Å². The van der Waals surface area contributed by atoms with Crippen molar-refractivity contribution in [2.75, 3.05) is 0 Å². The standard InChI is InChI=1S/C13H19FN2O/c1-9-8-10(6-7-11(9)14)12(15)4-2-3-5-13(16)17/h6-8,12H,2-5,15H2,1H3,(H2,16,17). The Kier molecular flexibility index (Phi) is 5.10. The van der Waals surface area contributed by atoms with Crippen LogP contribution in [0.1, 0.15) is 42.9 Å². The summed E-state index contributed by atoms with van der Waals surface area (Å²) in [6.45, 7) is 1.72. The lowest BCUT2D eigenvalue weighted by molar-refractivity contribution is -0.118. The number of benzene rings is 1. The summed E-state index contributed by atoms with van der Waals surface area (Å²) in [5, 5.41) is 0. The number of primary amides is 1. The highest BCUT2D eigenvalue weighted by atomic mass is 19.1. The SMILES string of the molecule is Cc1cc(C(N)CCCCC(N)=O)ccc1F. The van der Waals surface area contributed by atoms with Crippen molar-refractivity contribution in [3.8, 4) is 0 Å². The van der Waals surface area contributed by atoms with Crippen LogP contribution in [0.3, 0.4) is 0 Å². The molecule has 17 heavy (non-hydrogen) atoms. The smallest absolute Gasteiger partial charge is 0.217 e. The van der Waals surface area contributed by atoms with Gasteiger partial charge < -0.3 is 11.5 Å². The molecule has 0 bridgehead atoms. The van der Waals surface area contributed by atoms with Crippen molar-refractivity contribution in [2.24, 2.45) is 11.5 Å². The van der Waals surface area contributed by atoms with Crippen LogP contribution >= 0.6 is 0 Å². The van der Waals surface area contributed by atoms with E-state index in [4.69, 9.17) is 11.5 Å². The Balaban J connectivity index is 2.44. The van der Waals surface area contributed by atoms with Gasteiger partial charge in [0, 0.05) is 12.5 Å². The molecule has 1 aromatic carbocycles. The van der Waals surface area contributed by atoms with Crippen LogP contribution in [0.4, 0.5) is 4.39 Å². The van der Waals surface area contributed by atoms with Gasteiger partial charge in [0.05, 0.1) is 0 Å². The first-order valence-electron chi connectivity index (χ1n) is 5.80. The molecule has 0 aliphatic heterocycles. The molecule has 1 aromatic rings. The molecule has 3 nitrogen and oxygen atoms in total. The van der Waals surface area contributed by atoms with Crippen LogP contribution in [-0.4, -0.2) is 5.91 Å². The Hall–Kier alpha value is -1.42. The molecular formula is C13H19FN2O. The third kappa shape index (κ3) is 4.53. The van der Waals surface area contributed by atoms with Gasteiger partial charge in [-0.3, -0.25) is 4.79 Å². The fourth-order valence-electron chi connectivity index (χ4n) is 1.73. The van der Waals surface area contributed by atoms with Gasteiger partial charge in [-0.2, -0.15) is 0 Å². The molecule has 0 spiro atoms. The number of hydrogen-bond donors (Lipinski definition) is 2. The van der Waals surface area contributed by atoms with Gasteiger partial charge in [-0.15, -0.1) is 0 Å². The molecule has 4 N–H and O–H groups in total. The maximum atomic E-state index is 13.1. The van der Waals surface area contributed by atoms with E-state index in [1.165, 1.54) is 6.07 Å². The van der Waals surface area contributed by atoms with Crippen LogP contribution in [0.2, 0.25) is 0 Å². The minimum atomic E-state index is -0.281. The quantitative estimate of drug-likeness (QED) is 0.746. The van der Waals surface area contributed by atoms with Gasteiger partial charge >= 0.3 is 0 Å². The molecule has 1 unspecified atom stereocenters. The zero-order valence-electron chi connectivity index (χ0n) is 10.1. The average molecular weight is 238 g/mol. The van der Waals surface area contributed by atoms with Gasteiger partial charge in [-0.05, 0) is 37.0 Å². The molecule has 4 heteroatoms. The summed E-state index contributed by atoms with van der Waals surface area (Å²) in [4.78, 5) is 10.5. The Morgan fingerprint density at radius 1 is 1.41 bits per heavy atom. The minimum Gasteiger partial charge on any atom is -0.370 e. The summed E-state index contributed by atoms with van der Waals surface area (Å²) in [5.74, 6) is -0.495. The first-order chi connectivity index (χ1) is 8.00. The van der Waals surface area contributed by atoms with Gasteiger partial charge in [0.2, 0.25) is 5.91 Å². The van der Waals surface area contributed by atoms with Crippen LogP contribution in [0, 0.1) is 12.7 Å². The lowest BCUT2D eigenvalue weighted by Crippen LogP contribution is -2.12. The predicted octanol–water partition coefficient (Wildman–Crippen LogP) is 2.18. The topological polar surface area (TPSA) is 69.1 Å². The molecule has 0 radical (unpaired) electrons. The summed E-state index contributed by atoms with van der Waals surface area (Å²) < 4.78 is 13.1. The van der Waals surface area contributed by atoms with E-state index >= 15 is 0 Å². The highest BCUT2D eigenvalue weighted by Crippen LogP contribution is 2.19. The normalized spacial score (nSPS) is 12.4. The number of hydrogen-bond acceptors (Lipinski definition) is 2. The fourth-order valence-corrected chi connectivity index (χ4v) is 1.73. The molecule has 0 aliphatic rings. The Morgan fingerprint density at radius 2 is 2.12 bits per heavy atom. The van der Waals surface area contributed by atoms with Crippen LogP contribution in [0.25, 0.3) is 0 Å². The molecule has 0 aromatic heterocycles. The largest absolute Gasteiger partial charge is 0.370 e. The van der Waals surface area contributed by atoms with Gasteiger partial charge in [-0.25, -0.2) is 4.39 Å². The Morgan fingerprint density at radius 3 is 2.71 bits per heavy atom. The second kappa shape index (κ2) is 6.35. The average Bonchev–Trinajstić information content (AvgIpc) is 2.27. The third-order valence-electron chi connectivity index (χ3n) is 2.80. The van der Waals surface area contributed by atoms with Crippen LogP contribution in [0.5, 0.6) is 0 Å². The van der Waals surface area contributed by atoms with E-state index in [9.17, 15) is 9.18 Å². The lowest BCUT2D eigenvalue weighted by atomic mass is 9.99. The van der Waals surface area contributed by atoms with E-state index < -0.39 is 0 Å². The summed E-state index contributed by atoms with van der Waals surface area (Å²) in [7, 11) is 0. The summed E-state index contributed by atoms with van der Waals surface area (Å²) in [5.41, 5.74) is 12.6. The number of amides is 1. The molecule has 1 amide bonds. The molecule has 0 saturated carbocycles. The number of halogens is 1. The first-order valence-corrected chi connectivity index (χ1v) is 5.80. The Labute approximate surface area is 101 Å². The van der Waals surface area contributed by atoms with Crippen molar-refractivity contribution in [2.45, 2.75) is 38.6 Å². The zero-order chi connectivity index (χ0) is 12.8. The van der Waals surface area contributed by atoms with Crippen LogP contribution in [-0.2, 0) is 4.79 Å². The summed E-state index contributed by atoms with van der Waals surface area (Å²) in [6, 6.07) is 4.81. The number of carbonyl (C=O) groups excluding carboxylic acids is 1. The molecule has 0 heterocycles. The monoisotopic (exact) mass is 238 g/mol. The number of unbranched alkanes of at least 4 members (excludes halogenated alkanes) is 1. The van der Waals surface area contributed by atoms with Crippen molar-refractivity contribution < 1.29 is 9.18 Å². The maximum absolute atomic E-state index is 13.1. The number of nitrogens with two attached hydrogens (primary N) is 2. The van der Waals surface area contributed by atoms with E-state index in [0.717, 1.165) is 24.8 Å². The molecule has 0 aliphatic carbocycles. The first kappa shape index (κ1) is 13.6. The second-order valence-electron chi connectivity index (χ2n) is 4.33. The van der Waals surface area contributed by atoms with Gasteiger partial charge in [0.25, 0.3) is 0 Å². The summed E-state index contributed by atoms with van der Waals surface area (Å²) >= 11 is 0. The van der Waals surface area contributed by atoms with E-state index in [-0.39, 0.29) is 17.8 Å². The van der Waals surface area contributed by atoms with Gasteiger partial charge in [0.15, 0.2) is 0 Å². The zero-order valence-corrected chi connectivity index (χ0v) is 10.1. The van der Waals surface area contributed by atoms with E-state index in [1.54, 1.807) is 19.1 Å². The highest BCUT2D eigenvalue weighted by Gasteiger charge is 2.08. The molecule has 1 atom stereocenters. The second-order valence-corrected chi connectivity index (χ2v) is 4.33. The molecule has 0 saturated heterocycles. The van der Waals surface area contributed by atoms with Gasteiger partial charge in [0.1, 0.15) is 5.82 Å². The van der Waals surface area contributed by atoms with Crippen LogP contribution in [0.15, 0.2) is 18.2 Å². The van der Waals surface area contributed by atoms with E-state index in [1.807, 2.05) is 0 Å².